The van der Waals surface area contributed by atoms with E-state index in [4.69, 9.17) is 4.74 Å². The number of carbonyl (C=O) groups is 1. The van der Waals surface area contributed by atoms with Crippen LogP contribution in [0.5, 0.6) is 0 Å². The average molecular weight is 299 g/mol. The molecular formula is C15H23ClN2O2. The predicted molar refractivity (Wildman–Crippen MR) is 82.0 cm³/mol. The lowest BCUT2D eigenvalue weighted by atomic mass is 10.0. The molecule has 1 fully saturated rings. The molecule has 1 atom stereocenters. The first kappa shape index (κ1) is 17.0. The van der Waals surface area contributed by atoms with E-state index in [-0.39, 0.29) is 24.4 Å². The fraction of sp³-hybridized carbons (Fsp3) is 0.533. The highest BCUT2D eigenvalue weighted by molar-refractivity contribution is 5.85. The van der Waals surface area contributed by atoms with Crippen LogP contribution in [0.15, 0.2) is 30.3 Å². The first-order valence-corrected chi connectivity index (χ1v) is 6.85. The summed E-state index contributed by atoms with van der Waals surface area (Å²) < 4.78 is 4.93. The van der Waals surface area contributed by atoms with Crippen LogP contribution in [0, 0.1) is 5.92 Å². The highest BCUT2D eigenvalue weighted by Gasteiger charge is 2.33. The van der Waals surface area contributed by atoms with E-state index in [1.54, 1.807) is 7.11 Å². The minimum absolute atomic E-state index is 0. The zero-order chi connectivity index (χ0) is 13.5. The van der Waals surface area contributed by atoms with Crippen LogP contribution in [0.3, 0.4) is 0 Å². The smallest absolute Gasteiger partial charge is 0.234 e. The maximum atomic E-state index is 11.9. The molecule has 112 valence electrons. The minimum Gasteiger partial charge on any atom is -0.383 e. The Bertz CT molecular complexity index is 396. The Morgan fingerprint density at radius 2 is 2.05 bits per heavy atom. The van der Waals surface area contributed by atoms with Crippen LogP contribution in [0.4, 0.5) is 0 Å². The molecule has 2 N–H and O–H groups in total. The highest BCUT2D eigenvalue weighted by atomic mass is 35.5. The van der Waals surface area contributed by atoms with E-state index >= 15 is 0 Å². The van der Waals surface area contributed by atoms with Crippen molar-refractivity contribution in [2.45, 2.75) is 18.9 Å². The molecule has 1 unspecified atom stereocenters. The Balaban J connectivity index is 0.00000200. The number of benzene rings is 1. The molecule has 4 nitrogen and oxygen atoms in total. The normalized spacial score (nSPS) is 15.2. The number of rotatable bonds is 8. The van der Waals surface area contributed by atoms with Crippen molar-refractivity contribution in [1.82, 2.24) is 10.6 Å². The van der Waals surface area contributed by atoms with Crippen molar-refractivity contribution in [2.75, 3.05) is 26.8 Å². The van der Waals surface area contributed by atoms with Crippen molar-refractivity contribution in [3.8, 4) is 0 Å². The van der Waals surface area contributed by atoms with Gasteiger partial charge in [-0.2, -0.15) is 0 Å². The number of carbonyl (C=O) groups excluding carboxylic acids is 1. The van der Waals surface area contributed by atoms with Crippen molar-refractivity contribution in [3.05, 3.63) is 35.9 Å². The van der Waals surface area contributed by atoms with Crippen molar-refractivity contribution >= 4 is 18.3 Å². The fourth-order valence-electron chi connectivity index (χ4n) is 2.16. The van der Waals surface area contributed by atoms with Crippen molar-refractivity contribution in [2.24, 2.45) is 5.92 Å². The van der Waals surface area contributed by atoms with E-state index < -0.39 is 0 Å². The second kappa shape index (κ2) is 8.95. The third-order valence-electron chi connectivity index (χ3n) is 3.34. The second-order valence-electron chi connectivity index (χ2n) is 4.96. The molecule has 1 saturated carbocycles. The van der Waals surface area contributed by atoms with Crippen molar-refractivity contribution < 1.29 is 9.53 Å². The van der Waals surface area contributed by atoms with Crippen LogP contribution < -0.4 is 10.6 Å². The summed E-state index contributed by atoms with van der Waals surface area (Å²) in [5.74, 6) is 0.655. The Morgan fingerprint density at radius 3 is 2.65 bits per heavy atom. The van der Waals surface area contributed by atoms with Crippen LogP contribution in [0.2, 0.25) is 0 Å². The Labute approximate surface area is 126 Å². The molecule has 0 aliphatic heterocycles. The summed E-state index contributed by atoms with van der Waals surface area (Å²) in [7, 11) is 1.65. The first-order chi connectivity index (χ1) is 9.31. The number of amides is 1. The van der Waals surface area contributed by atoms with E-state index in [9.17, 15) is 4.79 Å². The largest absolute Gasteiger partial charge is 0.383 e. The van der Waals surface area contributed by atoms with Crippen LogP contribution in [-0.4, -0.2) is 32.7 Å². The lowest BCUT2D eigenvalue weighted by Gasteiger charge is -2.19. The lowest BCUT2D eigenvalue weighted by Crippen LogP contribution is -2.38. The molecule has 1 aromatic rings. The van der Waals surface area contributed by atoms with Crippen molar-refractivity contribution in [3.63, 3.8) is 0 Å². The molecule has 1 aliphatic carbocycles. The molecule has 0 radical (unpaired) electrons. The number of hydrogen-bond acceptors (Lipinski definition) is 3. The molecule has 20 heavy (non-hydrogen) atoms. The monoisotopic (exact) mass is 298 g/mol. The van der Waals surface area contributed by atoms with Gasteiger partial charge in [0.05, 0.1) is 19.2 Å². The van der Waals surface area contributed by atoms with Gasteiger partial charge in [-0.15, -0.1) is 12.4 Å². The van der Waals surface area contributed by atoms with Crippen LogP contribution >= 0.6 is 12.4 Å². The first-order valence-electron chi connectivity index (χ1n) is 6.85. The van der Waals surface area contributed by atoms with E-state index in [2.05, 4.69) is 22.8 Å². The molecule has 0 aromatic heterocycles. The summed E-state index contributed by atoms with van der Waals surface area (Å²) in [6.07, 6.45) is 2.41. The number of methoxy groups -OCH3 is 1. The van der Waals surface area contributed by atoms with Gasteiger partial charge in [-0.1, -0.05) is 30.3 Å². The third kappa shape index (κ3) is 5.49. The summed E-state index contributed by atoms with van der Waals surface area (Å²) in [6, 6.07) is 10.4. The molecule has 1 aliphatic rings. The summed E-state index contributed by atoms with van der Waals surface area (Å²) in [6.45, 7) is 1.67. The summed E-state index contributed by atoms with van der Waals surface area (Å²) in [5, 5.41) is 6.20. The van der Waals surface area contributed by atoms with Crippen LogP contribution in [-0.2, 0) is 9.53 Å². The predicted octanol–water partition coefficient (Wildman–Crippen LogP) is 1.91. The summed E-state index contributed by atoms with van der Waals surface area (Å²) in [5.41, 5.74) is 1.20. The second-order valence-corrected chi connectivity index (χ2v) is 4.96. The third-order valence-corrected chi connectivity index (χ3v) is 3.34. The molecular weight excluding hydrogens is 276 g/mol. The average Bonchev–Trinajstić information content (AvgIpc) is 3.26. The molecule has 5 heteroatoms. The van der Waals surface area contributed by atoms with E-state index in [1.165, 1.54) is 18.4 Å². The quantitative estimate of drug-likeness (QED) is 0.721. The maximum absolute atomic E-state index is 11.9. The fourth-order valence-corrected chi connectivity index (χ4v) is 2.16. The maximum Gasteiger partial charge on any atom is 0.234 e. The molecule has 0 heterocycles. The molecule has 1 aromatic carbocycles. The Morgan fingerprint density at radius 1 is 1.35 bits per heavy atom. The van der Waals surface area contributed by atoms with Crippen molar-refractivity contribution in [1.29, 1.82) is 0 Å². The Hall–Kier alpha value is -1.10. The van der Waals surface area contributed by atoms with Gasteiger partial charge in [0.25, 0.3) is 0 Å². The standard InChI is InChI=1S/C15H22N2O2.ClH/c1-19-10-9-16-11-14(18)17-15(13-7-8-13)12-5-3-2-4-6-12;/h2-6,13,15-16H,7-11H2,1H3,(H,17,18);1H. The van der Waals surface area contributed by atoms with Crippen LogP contribution in [0.25, 0.3) is 0 Å². The zero-order valence-electron chi connectivity index (χ0n) is 11.8. The van der Waals surface area contributed by atoms with Gasteiger partial charge in [0.1, 0.15) is 0 Å². The molecule has 0 spiro atoms. The molecule has 1 amide bonds. The van der Waals surface area contributed by atoms with Gasteiger partial charge in [0.2, 0.25) is 5.91 Å². The van der Waals surface area contributed by atoms with Gasteiger partial charge in [0, 0.05) is 13.7 Å². The van der Waals surface area contributed by atoms with Gasteiger partial charge in [-0.25, -0.2) is 0 Å². The molecule has 0 saturated heterocycles. The molecule has 0 bridgehead atoms. The Kier molecular flexibility index (Phi) is 7.59. The number of nitrogens with one attached hydrogen (secondary N) is 2. The lowest BCUT2D eigenvalue weighted by molar-refractivity contribution is -0.121. The van der Waals surface area contributed by atoms with Gasteiger partial charge < -0.3 is 15.4 Å². The molecule has 2 rings (SSSR count). The highest BCUT2D eigenvalue weighted by Crippen LogP contribution is 2.40. The number of hydrogen-bond donors (Lipinski definition) is 2. The number of ether oxygens (including phenoxy) is 1. The number of halogens is 1. The topological polar surface area (TPSA) is 50.4 Å². The van der Waals surface area contributed by atoms with Gasteiger partial charge in [-0.3, -0.25) is 4.79 Å². The summed E-state index contributed by atoms with van der Waals surface area (Å²) in [4.78, 5) is 11.9. The van der Waals surface area contributed by atoms with Gasteiger partial charge in [0.15, 0.2) is 0 Å². The van der Waals surface area contributed by atoms with Gasteiger partial charge >= 0.3 is 0 Å². The SMILES string of the molecule is COCCNCC(=O)NC(c1ccccc1)C1CC1.Cl. The van der Waals surface area contributed by atoms with E-state index in [0.29, 0.717) is 25.6 Å². The summed E-state index contributed by atoms with van der Waals surface area (Å²) >= 11 is 0. The van der Waals surface area contributed by atoms with Crippen LogP contribution in [0.1, 0.15) is 24.4 Å². The minimum atomic E-state index is 0. The zero-order valence-corrected chi connectivity index (χ0v) is 12.6. The van der Waals surface area contributed by atoms with E-state index in [1.807, 2.05) is 18.2 Å². The van der Waals surface area contributed by atoms with Gasteiger partial charge in [-0.05, 0) is 24.3 Å². The van der Waals surface area contributed by atoms with E-state index in [0.717, 1.165) is 0 Å².